The number of rotatable bonds is 5. The molecule has 0 radical (unpaired) electrons. The van der Waals surface area contributed by atoms with E-state index in [1.807, 2.05) is 32.0 Å². The molecule has 1 N–H and O–H groups in total. The second-order valence-electron chi connectivity index (χ2n) is 5.66. The molecule has 0 spiro atoms. The minimum Gasteiger partial charge on any atom is -0.421 e. The highest BCUT2D eigenvalue weighted by atomic mass is 16.4. The molecule has 3 aromatic rings. The van der Waals surface area contributed by atoms with Crippen LogP contribution in [-0.4, -0.2) is 20.7 Å². The molecule has 2 aromatic heterocycles. The number of amides is 1. The maximum atomic E-state index is 12.2. The number of carbonyl (C=O) groups is 1. The summed E-state index contributed by atoms with van der Waals surface area (Å²) in [5.41, 5.74) is 2.05. The van der Waals surface area contributed by atoms with E-state index in [-0.39, 0.29) is 18.0 Å². The minimum atomic E-state index is -0.287. The van der Waals surface area contributed by atoms with Gasteiger partial charge in [-0.25, -0.2) is 0 Å². The summed E-state index contributed by atoms with van der Waals surface area (Å²) in [6.45, 7) is 3.75. The first-order chi connectivity index (χ1) is 12.0. The molecule has 1 amide bonds. The van der Waals surface area contributed by atoms with Crippen LogP contribution in [0, 0.1) is 6.92 Å². The molecular weight excluding hydrogens is 320 g/mol. The average molecular weight is 338 g/mol. The Hall–Kier alpha value is -3.22. The van der Waals surface area contributed by atoms with E-state index in [1.54, 1.807) is 18.3 Å². The maximum Gasteiger partial charge on any atom is 0.251 e. The SMILES string of the molecule is CCc1nnc(-c2ccc(=O)n(CC(=O)Nc3cccc(C)c3)c2)o1. The summed E-state index contributed by atoms with van der Waals surface area (Å²) < 4.78 is 6.81. The second kappa shape index (κ2) is 7.12. The number of aromatic nitrogens is 3. The fourth-order valence-electron chi connectivity index (χ4n) is 2.37. The first-order valence-electron chi connectivity index (χ1n) is 7.95. The Morgan fingerprint density at radius 1 is 1.24 bits per heavy atom. The molecule has 0 fully saturated rings. The number of benzene rings is 1. The normalized spacial score (nSPS) is 10.6. The van der Waals surface area contributed by atoms with Crippen molar-refractivity contribution in [2.45, 2.75) is 26.8 Å². The summed E-state index contributed by atoms with van der Waals surface area (Å²) in [5.74, 6) is 0.555. The summed E-state index contributed by atoms with van der Waals surface area (Å²) in [7, 11) is 0. The van der Waals surface area contributed by atoms with Gasteiger partial charge in [-0.2, -0.15) is 0 Å². The van der Waals surface area contributed by atoms with E-state index in [0.29, 0.717) is 29.5 Å². The van der Waals surface area contributed by atoms with Crippen LogP contribution >= 0.6 is 0 Å². The van der Waals surface area contributed by atoms with Crippen molar-refractivity contribution in [2.75, 3.05) is 5.32 Å². The highest BCUT2D eigenvalue weighted by Crippen LogP contribution is 2.16. The van der Waals surface area contributed by atoms with Gasteiger partial charge in [0.15, 0.2) is 0 Å². The summed E-state index contributed by atoms with van der Waals surface area (Å²) in [6.07, 6.45) is 2.18. The highest BCUT2D eigenvalue weighted by Gasteiger charge is 2.11. The van der Waals surface area contributed by atoms with Gasteiger partial charge in [0.25, 0.3) is 5.56 Å². The lowest BCUT2D eigenvalue weighted by atomic mass is 10.2. The number of carbonyl (C=O) groups excluding carboxylic acids is 1. The first kappa shape index (κ1) is 16.6. The predicted molar refractivity (Wildman–Crippen MR) is 93.2 cm³/mol. The van der Waals surface area contributed by atoms with Crippen molar-refractivity contribution in [2.24, 2.45) is 0 Å². The number of nitrogens with zero attached hydrogens (tertiary/aromatic N) is 3. The fourth-order valence-corrected chi connectivity index (χ4v) is 2.37. The topological polar surface area (TPSA) is 90.0 Å². The molecule has 0 saturated heterocycles. The molecule has 0 aliphatic heterocycles. The molecule has 25 heavy (non-hydrogen) atoms. The van der Waals surface area contributed by atoms with E-state index < -0.39 is 0 Å². The molecule has 0 bridgehead atoms. The van der Waals surface area contributed by atoms with Crippen LogP contribution in [0.15, 0.2) is 51.8 Å². The summed E-state index contributed by atoms with van der Waals surface area (Å²) in [4.78, 5) is 24.2. The van der Waals surface area contributed by atoms with Gasteiger partial charge in [0, 0.05) is 24.4 Å². The second-order valence-corrected chi connectivity index (χ2v) is 5.66. The Balaban J connectivity index is 1.78. The Bertz CT molecular complexity index is 959. The zero-order valence-electron chi connectivity index (χ0n) is 14.0. The van der Waals surface area contributed by atoms with Crippen molar-refractivity contribution in [3.05, 3.63) is 64.4 Å². The fraction of sp³-hybridized carbons (Fsp3) is 0.222. The Labute approximate surface area is 144 Å². The van der Waals surface area contributed by atoms with Crippen LogP contribution in [-0.2, 0) is 17.8 Å². The third-order valence-electron chi connectivity index (χ3n) is 3.62. The molecule has 7 heteroatoms. The number of hydrogen-bond acceptors (Lipinski definition) is 5. The van der Waals surface area contributed by atoms with Crippen LogP contribution in [0.3, 0.4) is 0 Å². The molecule has 0 unspecified atom stereocenters. The van der Waals surface area contributed by atoms with Crippen LogP contribution in [0.1, 0.15) is 18.4 Å². The van der Waals surface area contributed by atoms with Gasteiger partial charge in [-0.15, -0.1) is 10.2 Å². The van der Waals surface area contributed by atoms with Gasteiger partial charge in [-0.1, -0.05) is 19.1 Å². The number of nitrogens with one attached hydrogen (secondary N) is 1. The molecule has 128 valence electrons. The average Bonchev–Trinajstić information content (AvgIpc) is 3.06. The van der Waals surface area contributed by atoms with Crippen molar-refractivity contribution in [3.8, 4) is 11.5 Å². The number of hydrogen-bond donors (Lipinski definition) is 1. The zero-order valence-corrected chi connectivity index (χ0v) is 14.0. The molecule has 7 nitrogen and oxygen atoms in total. The lowest BCUT2D eigenvalue weighted by Gasteiger charge is -2.08. The van der Waals surface area contributed by atoms with Gasteiger partial charge in [-0.05, 0) is 30.7 Å². The van der Waals surface area contributed by atoms with Gasteiger partial charge < -0.3 is 14.3 Å². The third kappa shape index (κ3) is 4.00. The van der Waals surface area contributed by atoms with Crippen LogP contribution in [0.2, 0.25) is 0 Å². The molecule has 0 atom stereocenters. The summed E-state index contributed by atoms with van der Waals surface area (Å²) in [5, 5.41) is 10.6. The Morgan fingerprint density at radius 3 is 2.80 bits per heavy atom. The van der Waals surface area contributed by atoms with Crippen molar-refractivity contribution in [3.63, 3.8) is 0 Å². The summed E-state index contributed by atoms with van der Waals surface area (Å²) in [6, 6.07) is 10.4. The molecule has 2 heterocycles. The van der Waals surface area contributed by atoms with Crippen LogP contribution < -0.4 is 10.9 Å². The van der Waals surface area contributed by atoms with Crippen LogP contribution in [0.25, 0.3) is 11.5 Å². The van der Waals surface area contributed by atoms with Crippen LogP contribution in [0.5, 0.6) is 0 Å². The van der Waals surface area contributed by atoms with Gasteiger partial charge in [0.05, 0.1) is 5.56 Å². The van der Waals surface area contributed by atoms with Crippen molar-refractivity contribution in [1.82, 2.24) is 14.8 Å². The number of pyridine rings is 1. The van der Waals surface area contributed by atoms with Crippen molar-refractivity contribution in [1.29, 1.82) is 0 Å². The highest BCUT2D eigenvalue weighted by molar-refractivity contribution is 5.90. The lowest BCUT2D eigenvalue weighted by Crippen LogP contribution is -2.26. The third-order valence-corrected chi connectivity index (χ3v) is 3.62. The Morgan fingerprint density at radius 2 is 2.08 bits per heavy atom. The molecule has 0 saturated carbocycles. The van der Waals surface area contributed by atoms with Crippen LogP contribution in [0.4, 0.5) is 5.69 Å². The zero-order chi connectivity index (χ0) is 17.8. The Kier molecular flexibility index (Phi) is 4.74. The molecule has 0 aliphatic carbocycles. The van der Waals surface area contributed by atoms with E-state index in [0.717, 1.165) is 5.56 Å². The van der Waals surface area contributed by atoms with E-state index >= 15 is 0 Å². The molecule has 3 rings (SSSR count). The van der Waals surface area contributed by atoms with Gasteiger partial charge >= 0.3 is 0 Å². The minimum absolute atomic E-state index is 0.102. The lowest BCUT2D eigenvalue weighted by molar-refractivity contribution is -0.116. The quantitative estimate of drug-likeness (QED) is 0.771. The predicted octanol–water partition coefficient (Wildman–Crippen LogP) is 2.41. The standard InChI is InChI=1S/C18H18N4O3/c1-3-16-20-21-18(25-16)13-7-8-17(24)22(10-13)11-15(23)19-14-6-4-5-12(2)9-14/h4-10H,3,11H2,1-2H3,(H,19,23). The molecule has 0 aliphatic rings. The van der Waals surface area contributed by atoms with E-state index in [4.69, 9.17) is 4.42 Å². The summed E-state index contributed by atoms with van der Waals surface area (Å²) >= 11 is 0. The number of anilines is 1. The van der Waals surface area contributed by atoms with Gasteiger partial charge in [0.2, 0.25) is 17.7 Å². The number of aryl methyl sites for hydroxylation is 2. The first-order valence-corrected chi connectivity index (χ1v) is 7.95. The van der Waals surface area contributed by atoms with Gasteiger partial charge in [0.1, 0.15) is 6.54 Å². The largest absolute Gasteiger partial charge is 0.421 e. The smallest absolute Gasteiger partial charge is 0.251 e. The molecule has 1 aromatic carbocycles. The van der Waals surface area contributed by atoms with Crippen molar-refractivity contribution >= 4 is 11.6 Å². The van der Waals surface area contributed by atoms with E-state index in [9.17, 15) is 9.59 Å². The maximum absolute atomic E-state index is 12.2. The monoisotopic (exact) mass is 338 g/mol. The van der Waals surface area contributed by atoms with Crippen molar-refractivity contribution < 1.29 is 9.21 Å². The van der Waals surface area contributed by atoms with E-state index in [2.05, 4.69) is 15.5 Å². The molecular formula is C18H18N4O3. The van der Waals surface area contributed by atoms with Gasteiger partial charge in [-0.3, -0.25) is 9.59 Å². The van der Waals surface area contributed by atoms with E-state index in [1.165, 1.54) is 10.6 Å².